The van der Waals surface area contributed by atoms with E-state index >= 15 is 0 Å². The van der Waals surface area contributed by atoms with E-state index in [1.807, 2.05) is 12.1 Å². The smallest absolute Gasteiger partial charge is 0.326 e. The molecule has 1 atom stereocenters. The van der Waals surface area contributed by atoms with Crippen LogP contribution < -0.4 is 0 Å². The van der Waals surface area contributed by atoms with Gasteiger partial charge in [0, 0.05) is 12.5 Å². The molecule has 0 aliphatic heterocycles. The molecule has 0 radical (unpaired) electrons. The Hall–Kier alpha value is -1.84. The second-order valence-corrected chi connectivity index (χ2v) is 5.72. The number of carboxylic acid groups (broad SMARTS) is 1. The molecule has 4 nitrogen and oxygen atoms in total. The lowest BCUT2D eigenvalue weighted by Gasteiger charge is -2.26. The Labute approximate surface area is 125 Å². The van der Waals surface area contributed by atoms with Crippen LogP contribution in [0.5, 0.6) is 0 Å². The number of nitrogens with zero attached hydrogens (tertiary/aromatic N) is 1. The van der Waals surface area contributed by atoms with Crippen LogP contribution >= 0.6 is 0 Å². The Morgan fingerprint density at radius 1 is 1.24 bits per heavy atom. The molecule has 4 heteroatoms. The minimum Gasteiger partial charge on any atom is -0.480 e. The molecule has 1 unspecified atom stereocenters. The van der Waals surface area contributed by atoms with Gasteiger partial charge in [-0.25, -0.2) is 4.79 Å². The molecule has 0 bridgehead atoms. The van der Waals surface area contributed by atoms with Crippen molar-refractivity contribution in [2.24, 2.45) is 0 Å². The Bertz CT molecular complexity index is 505. The van der Waals surface area contributed by atoms with Crippen LogP contribution in [-0.2, 0) is 22.4 Å². The maximum atomic E-state index is 12.3. The quantitative estimate of drug-likeness (QED) is 0.839. The van der Waals surface area contributed by atoms with Crippen LogP contribution in [0.1, 0.15) is 44.2 Å². The minimum absolute atomic E-state index is 0.0491. The zero-order valence-corrected chi connectivity index (χ0v) is 12.7. The van der Waals surface area contributed by atoms with Crippen LogP contribution in [0, 0.1) is 0 Å². The average Bonchev–Trinajstić information content (AvgIpc) is 3.30. The van der Waals surface area contributed by atoms with Crippen molar-refractivity contribution < 1.29 is 14.7 Å². The fourth-order valence-corrected chi connectivity index (χ4v) is 2.53. The Kier molecular flexibility index (Phi) is 4.99. The lowest BCUT2D eigenvalue weighted by atomic mass is 10.1. The lowest BCUT2D eigenvalue weighted by molar-refractivity contribution is -0.150. The van der Waals surface area contributed by atoms with E-state index in [1.54, 1.807) is 11.8 Å². The summed E-state index contributed by atoms with van der Waals surface area (Å²) in [4.78, 5) is 25.0. The van der Waals surface area contributed by atoms with Gasteiger partial charge in [0.05, 0.1) is 0 Å². The van der Waals surface area contributed by atoms with E-state index in [0.29, 0.717) is 12.8 Å². The summed E-state index contributed by atoms with van der Waals surface area (Å²) in [5, 5.41) is 9.13. The third kappa shape index (κ3) is 4.06. The normalized spacial score (nSPS) is 15.5. The Morgan fingerprint density at radius 3 is 2.29 bits per heavy atom. The monoisotopic (exact) mass is 289 g/mol. The molecule has 0 saturated heterocycles. The summed E-state index contributed by atoms with van der Waals surface area (Å²) in [7, 11) is 0. The van der Waals surface area contributed by atoms with Crippen LogP contribution in [0.15, 0.2) is 24.3 Å². The summed E-state index contributed by atoms with van der Waals surface area (Å²) in [6.07, 6.45) is 3.89. The zero-order chi connectivity index (χ0) is 15.4. The van der Waals surface area contributed by atoms with Crippen LogP contribution in [0.3, 0.4) is 0 Å². The van der Waals surface area contributed by atoms with Crippen LogP contribution in [0.4, 0.5) is 0 Å². The van der Waals surface area contributed by atoms with Crippen molar-refractivity contribution >= 4 is 11.9 Å². The maximum absolute atomic E-state index is 12.3. The van der Waals surface area contributed by atoms with Gasteiger partial charge in [-0.1, -0.05) is 31.2 Å². The molecule has 0 spiro atoms. The number of hydrogen-bond donors (Lipinski definition) is 1. The summed E-state index contributed by atoms with van der Waals surface area (Å²) in [5.74, 6) is -0.977. The molecular formula is C17H23NO3. The molecule has 114 valence electrons. The number of aliphatic carboxylic acids is 1. The molecular weight excluding hydrogens is 266 g/mol. The third-order valence-electron chi connectivity index (χ3n) is 4.06. The zero-order valence-electron chi connectivity index (χ0n) is 12.7. The highest BCUT2D eigenvalue weighted by Gasteiger charge is 2.37. The van der Waals surface area contributed by atoms with Crippen molar-refractivity contribution in [3.05, 3.63) is 35.4 Å². The highest BCUT2D eigenvalue weighted by molar-refractivity contribution is 5.84. The molecule has 1 aliphatic rings. The van der Waals surface area contributed by atoms with Gasteiger partial charge >= 0.3 is 5.97 Å². The van der Waals surface area contributed by atoms with Crippen molar-refractivity contribution in [3.8, 4) is 0 Å². The summed E-state index contributed by atoms with van der Waals surface area (Å²) >= 11 is 0. The van der Waals surface area contributed by atoms with Gasteiger partial charge in [-0.2, -0.15) is 0 Å². The van der Waals surface area contributed by atoms with Crippen LogP contribution in [0.25, 0.3) is 0 Å². The molecule has 21 heavy (non-hydrogen) atoms. The van der Waals surface area contributed by atoms with Crippen molar-refractivity contribution in [1.82, 2.24) is 4.90 Å². The van der Waals surface area contributed by atoms with Gasteiger partial charge < -0.3 is 10.0 Å². The second kappa shape index (κ2) is 6.74. The van der Waals surface area contributed by atoms with Gasteiger partial charge in [0.15, 0.2) is 0 Å². The second-order valence-electron chi connectivity index (χ2n) is 5.72. The largest absolute Gasteiger partial charge is 0.480 e. The fourth-order valence-electron chi connectivity index (χ4n) is 2.53. The Balaban J connectivity index is 1.93. The summed E-state index contributed by atoms with van der Waals surface area (Å²) in [6.45, 7) is 3.70. The third-order valence-corrected chi connectivity index (χ3v) is 4.06. The van der Waals surface area contributed by atoms with E-state index in [4.69, 9.17) is 5.11 Å². The maximum Gasteiger partial charge on any atom is 0.326 e. The number of carbonyl (C=O) groups is 2. The number of amides is 1. The van der Waals surface area contributed by atoms with Crippen molar-refractivity contribution in [1.29, 1.82) is 0 Å². The molecule has 1 aromatic rings. The van der Waals surface area contributed by atoms with E-state index in [-0.39, 0.29) is 11.9 Å². The highest BCUT2D eigenvalue weighted by Crippen LogP contribution is 2.29. The molecule has 1 aliphatic carbocycles. The molecule has 2 rings (SSSR count). The number of carbonyl (C=O) groups excluding carboxylic acids is 1. The van der Waals surface area contributed by atoms with Crippen LogP contribution in [0.2, 0.25) is 0 Å². The van der Waals surface area contributed by atoms with Crippen molar-refractivity contribution in [2.45, 2.75) is 58.0 Å². The number of carboxylic acids is 1. The van der Waals surface area contributed by atoms with Gasteiger partial charge in [0.1, 0.15) is 6.04 Å². The first-order chi connectivity index (χ1) is 10.0. The molecule has 1 saturated carbocycles. The Morgan fingerprint density at radius 2 is 1.81 bits per heavy atom. The first-order valence-corrected chi connectivity index (χ1v) is 7.64. The number of hydrogen-bond acceptors (Lipinski definition) is 2. The minimum atomic E-state index is -0.928. The topological polar surface area (TPSA) is 57.6 Å². The van der Waals surface area contributed by atoms with E-state index < -0.39 is 12.0 Å². The molecule has 0 aromatic heterocycles. The van der Waals surface area contributed by atoms with Gasteiger partial charge in [-0.15, -0.1) is 0 Å². The molecule has 1 N–H and O–H groups in total. The predicted molar refractivity (Wildman–Crippen MR) is 81.1 cm³/mol. The summed E-state index contributed by atoms with van der Waals surface area (Å²) in [6, 6.07) is 7.66. The van der Waals surface area contributed by atoms with E-state index in [0.717, 1.165) is 24.8 Å². The SMILES string of the molecule is CCc1ccc(CCC(=O)N(C2CC2)C(C)C(=O)O)cc1. The molecule has 1 amide bonds. The standard InChI is InChI=1S/C17H23NO3/c1-3-13-4-6-14(7-5-13)8-11-16(19)18(15-9-10-15)12(2)17(20)21/h4-7,12,15H,3,8-11H2,1-2H3,(H,20,21). The van der Waals surface area contributed by atoms with E-state index in [2.05, 4.69) is 19.1 Å². The fraction of sp³-hybridized carbons (Fsp3) is 0.529. The van der Waals surface area contributed by atoms with Crippen molar-refractivity contribution in [2.75, 3.05) is 0 Å². The average molecular weight is 289 g/mol. The first-order valence-electron chi connectivity index (χ1n) is 7.64. The van der Waals surface area contributed by atoms with Gasteiger partial charge in [-0.05, 0) is 43.7 Å². The highest BCUT2D eigenvalue weighted by atomic mass is 16.4. The van der Waals surface area contributed by atoms with Gasteiger partial charge in [0.25, 0.3) is 0 Å². The van der Waals surface area contributed by atoms with E-state index in [1.165, 1.54) is 5.56 Å². The van der Waals surface area contributed by atoms with Crippen LogP contribution in [-0.4, -0.2) is 34.0 Å². The van der Waals surface area contributed by atoms with Gasteiger partial charge in [0.2, 0.25) is 5.91 Å². The summed E-state index contributed by atoms with van der Waals surface area (Å²) < 4.78 is 0. The number of rotatable bonds is 7. The van der Waals surface area contributed by atoms with E-state index in [9.17, 15) is 9.59 Å². The summed E-state index contributed by atoms with van der Waals surface area (Å²) in [5.41, 5.74) is 2.41. The lowest BCUT2D eigenvalue weighted by Crippen LogP contribution is -2.44. The first kappa shape index (κ1) is 15.5. The van der Waals surface area contributed by atoms with Crippen molar-refractivity contribution in [3.63, 3.8) is 0 Å². The molecule has 1 fully saturated rings. The van der Waals surface area contributed by atoms with Gasteiger partial charge in [-0.3, -0.25) is 4.79 Å². The number of aryl methyl sites for hydroxylation is 2. The predicted octanol–water partition coefficient (Wildman–Crippen LogP) is 2.65. The molecule has 1 aromatic carbocycles. The number of benzene rings is 1. The molecule has 0 heterocycles.